The maximum absolute atomic E-state index is 12.8. The van der Waals surface area contributed by atoms with Crippen molar-refractivity contribution in [3.05, 3.63) is 0 Å². The van der Waals surface area contributed by atoms with Crippen molar-refractivity contribution >= 4 is 24.6 Å². The molecule has 0 aliphatic heterocycles. The zero-order valence-corrected chi connectivity index (χ0v) is 15.9. The average molecular weight is 355 g/mol. The molecule has 0 saturated heterocycles. The lowest BCUT2D eigenvalue weighted by atomic mass is 9.49. The van der Waals surface area contributed by atoms with Crippen LogP contribution >= 0.6 is 12.6 Å². The van der Waals surface area contributed by atoms with Gasteiger partial charge in [-0.25, -0.2) is 0 Å². The van der Waals surface area contributed by atoms with Crippen molar-refractivity contribution in [2.75, 3.05) is 6.61 Å². The fourth-order valence-electron chi connectivity index (χ4n) is 5.31. The van der Waals surface area contributed by atoms with Crippen molar-refractivity contribution < 1.29 is 19.1 Å². The second kappa shape index (κ2) is 6.54. The van der Waals surface area contributed by atoms with Crippen LogP contribution in [0.15, 0.2) is 0 Å². The first-order valence-electron chi connectivity index (χ1n) is 9.27. The molecule has 0 N–H and O–H groups in total. The molecule has 24 heavy (non-hydrogen) atoms. The van der Waals surface area contributed by atoms with E-state index in [9.17, 15) is 9.59 Å². The molecule has 0 radical (unpaired) electrons. The maximum atomic E-state index is 12.8. The SMILES string of the molecule is CC(S)C(=O)OC(C)(C)CCOC(=O)C12CC3CC(CC(C3)C1)C2. The summed E-state index contributed by atoms with van der Waals surface area (Å²) >= 11 is 4.09. The predicted octanol–water partition coefficient (Wildman–Crippen LogP) is 3.78. The molecule has 4 nitrogen and oxygen atoms in total. The van der Waals surface area contributed by atoms with Gasteiger partial charge in [-0.1, -0.05) is 0 Å². The molecule has 0 heterocycles. The molecule has 0 aromatic heterocycles. The highest BCUT2D eigenvalue weighted by Gasteiger charge is 2.55. The Labute approximate surface area is 150 Å². The predicted molar refractivity (Wildman–Crippen MR) is 94.8 cm³/mol. The highest BCUT2D eigenvalue weighted by atomic mass is 32.1. The van der Waals surface area contributed by atoms with Crippen molar-refractivity contribution in [3.63, 3.8) is 0 Å². The molecule has 0 aromatic rings. The molecule has 136 valence electrons. The molecule has 0 spiro atoms. The number of rotatable bonds is 6. The van der Waals surface area contributed by atoms with Crippen molar-refractivity contribution in [1.29, 1.82) is 0 Å². The largest absolute Gasteiger partial charge is 0.465 e. The smallest absolute Gasteiger partial charge is 0.319 e. The molecule has 4 saturated carbocycles. The summed E-state index contributed by atoms with van der Waals surface area (Å²) in [6, 6.07) is 0. The Morgan fingerprint density at radius 1 is 1.12 bits per heavy atom. The Balaban J connectivity index is 1.50. The van der Waals surface area contributed by atoms with Gasteiger partial charge < -0.3 is 9.47 Å². The minimum atomic E-state index is -0.643. The summed E-state index contributed by atoms with van der Waals surface area (Å²) in [4.78, 5) is 24.4. The first-order valence-corrected chi connectivity index (χ1v) is 9.79. The van der Waals surface area contributed by atoms with E-state index in [1.807, 2.05) is 13.8 Å². The minimum Gasteiger partial charge on any atom is -0.465 e. The van der Waals surface area contributed by atoms with E-state index >= 15 is 0 Å². The average Bonchev–Trinajstić information content (AvgIpc) is 2.44. The summed E-state index contributed by atoms with van der Waals surface area (Å²) in [5, 5.41) is -0.446. The van der Waals surface area contributed by atoms with Crippen LogP contribution < -0.4 is 0 Å². The Hall–Kier alpha value is -0.710. The van der Waals surface area contributed by atoms with Crippen molar-refractivity contribution in [1.82, 2.24) is 0 Å². The molecule has 0 aromatic carbocycles. The zero-order chi connectivity index (χ0) is 17.5. The van der Waals surface area contributed by atoms with E-state index in [0.717, 1.165) is 37.0 Å². The molecule has 4 aliphatic carbocycles. The number of hydrogen-bond acceptors (Lipinski definition) is 5. The lowest BCUT2D eigenvalue weighted by molar-refractivity contribution is -0.174. The fraction of sp³-hybridized carbons (Fsp3) is 0.895. The van der Waals surface area contributed by atoms with Gasteiger partial charge in [0.1, 0.15) is 5.60 Å². The summed E-state index contributed by atoms with van der Waals surface area (Å²) in [5.41, 5.74) is -0.856. The van der Waals surface area contributed by atoms with Gasteiger partial charge in [-0.05, 0) is 77.0 Å². The minimum absolute atomic E-state index is 0.00806. The van der Waals surface area contributed by atoms with Crippen LogP contribution in [0.3, 0.4) is 0 Å². The Morgan fingerprint density at radius 2 is 1.62 bits per heavy atom. The van der Waals surface area contributed by atoms with Crippen molar-refractivity contribution in [2.24, 2.45) is 23.2 Å². The van der Waals surface area contributed by atoms with Gasteiger partial charge in [-0.15, -0.1) is 0 Å². The van der Waals surface area contributed by atoms with Crippen LogP contribution in [0.1, 0.15) is 65.7 Å². The summed E-state index contributed by atoms with van der Waals surface area (Å²) in [7, 11) is 0. The van der Waals surface area contributed by atoms with E-state index in [1.165, 1.54) is 19.3 Å². The van der Waals surface area contributed by atoms with Crippen LogP contribution in [0, 0.1) is 23.2 Å². The van der Waals surface area contributed by atoms with Gasteiger partial charge in [0.15, 0.2) is 0 Å². The number of esters is 2. The molecular formula is C19H30O4S. The van der Waals surface area contributed by atoms with Crippen LogP contribution in [-0.4, -0.2) is 29.4 Å². The Morgan fingerprint density at radius 3 is 2.08 bits per heavy atom. The highest BCUT2D eigenvalue weighted by Crippen LogP contribution is 2.60. The van der Waals surface area contributed by atoms with Gasteiger partial charge in [0.25, 0.3) is 0 Å². The van der Waals surface area contributed by atoms with Crippen LogP contribution in [0.25, 0.3) is 0 Å². The normalized spacial score (nSPS) is 35.6. The lowest BCUT2D eigenvalue weighted by Gasteiger charge is -2.55. The molecular weight excluding hydrogens is 324 g/mol. The van der Waals surface area contributed by atoms with Gasteiger partial charge in [-0.3, -0.25) is 9.59 Å². The third-order valence-electron chi connectivity index (χ3n) is 6.13. The third-order valence-corrected chi connectivity index (χ3v) is 6.34. The first-order chi connectivity index (χ1) is 11.2. The summed E-state index contributed by atoms with van der Waals surface area (Å²) < 4.78 is 11.1. The van der Waals surface area contributed by atoms with E-state index in [0.29, 0.717) is 13.0 Å². The molecule has 0 amide bonds. The molecule has 4 rings (SSSR count). The van der Waals surface area contributed by atoms with Crippen LogP contribution in [-0.2, 0) is 19.1 Å². The van der Waals surface area contributed by atoms with E-state index in [4.69, 9.17) is 9.47 Å². The van der Waals surface area contributed by atoms with E-state index in [1.54, 1.807) is 6.92 Å². The Kier molecular flexibility index (Phi) is 4.93. The van der Waals surface area contributed by atoms with Crippen molar-refractivity contribution in [2.45, 2.75) is 76.6 Å². The van der Waals surface area contributed by atoms with Crippen LogP contribution in [0.5, 0.6) is 0 Å². The van der Waals surface area contributed by atoms with Gasteiger partial charge in [0.05, 0.1) is 17.3 Å². The third kappa shape index (κ3) is 3.76. The number of ether oxygens (including phenoxy) is 2. The topological polar surface area (TPSA) is 52.6 Å². The van der Waals surface area contributed by atoms with Gasteiger partial charge in [0.2, 0.25) is 0 Å². The standard InChI is InChI=1S/C19H30O4S/c1-12(24)16(20)23-18(2,3)4-5-22-17(21)19-9-13-6-14(10-19)8-15(7-13)11-19/h12-15,24H,4-11H2,1-3H3. The number of thiol groups is 1. The van der Waals surface area contributed by atoms with Gasteiger partial charge >= 0.3 is 11.9 Å². The lowest BCUT2D eigenvalue weighted by Crippen LogP contribution is -2.50. The zero-order valence-electron chi connectivity index (χ0n) is 15.0. The molecule has 5 heteroatoms. The molecule has 4 bridgehead atoms. The summed E-state index contributed by atoms with van der Waals surface area (Å²) in [6.45, 7) is 5.69. The van der Waals surface area contributed by atoms with Gasteiger partial charge in [0, 0.05) is 6.42 Å². The monoisotopic (exact) mass is 354 g/mol. The van der Waals surface area contributed by atoms with E-state index < -0.39 is 10.9 Å². The quantitative estimate of drug-likeness (QED) is 0.583. The molecule has 1 atom stereocenters. The molecule has 1 unspecified atom stereocenters. The number of carbonyl (C=O) groups is 2. The highest BCUT2D eigenvalue weighted by molar-refractivity contribution is 7.81. The van der Waals surface area contributed by atoms with Gasteiger partial charge in [-0.2, -0.15) is 12.6 Å². The first kappa shape index (κ1) is 18.1. The van der Waals surface area contributed by atoms with E-state index in [-0.39, 0.29) is 17.4 Å². The van der Waals surface area contributed by atoms with Crippen LogP contribution in [0.4, 0.5) is 0 Å². The molecule has 4 aliphatic rings. The summed E-state index contributed by atoms with van der Waals surface area (Å²) in [5.74, 6) is 1.86. The fourth-order valence-corrected chi connectivity index (χ4v) is 5.36. The second-order valence-corrected chi connectivity index (χ2v) is 9.72. The Bertz CT molecular complexity index is 476. The summed E-state index contributed by atoms with van der Waals surface area (Å²) in [6.07, 6.45) is 7.53. The molecule has 4 fully saturated rings. The van der Waals surface area contributed by atoms with E-state index in [2.05, 4.69) is 12.6 Å². The maximum Gasteiger partial charge on any atom is 0.319 e. The van der Waals surface area contributed by atoms with Crippen LogP contribution in [0.2, 0.25) is 0 Å². The number of carbonyl (C=O) groups excluding carboxylic acids is 2. The second-order valence-electron chi connectivity index (χ2n) is 8.94. The number of hydrogen-bond donors (Lipinski definition) is 1. The van der Waals surface area contributed by atoms with Crippen molar-refractivity contribution in [3.8, 4) is 0 Å².